The van der Waals surface area contributed by atoms with Crippen molar-refractivity contribution in [2.24, 2.45) is 0 Å². The van der Waals surface area contributed by atoms with Crippen LogP contribution in [-0.2, 0) is 10.0 Å². The summed E-state index contributed by atoms with van der Waals surface area (Å²) in [6.45, 7) is 1.74. The predicted molar refractivity (Wildman–Crippen MR) is 128 cm³/mol. The van der Waals surface area contributed by atoms with Crippen LogP contribution < -0.4 is 9.64 Å². The van der Waals surface area contributed by atoms with Crippen molar-refractivity contribution in [3.63, 3.8) is 0 Å². The molecule has 1 fully saturated rings. The van der Waals surface area contributed by atoms with Gasteiger partial charge in [-0.3, -0.25) is 0 Å². The second-order valence-electron chi connectivity index (χ2n) is 7.54. The Balaban J connectivity index is 1.45. The summed E-state index contributed by atoms with van der Waals surface area (Å²) in [5.74, 6) is 2.09. The summed E-state index contributed by atoms with van der Waals surface area (Å²) in [4.78, 5) is 11.1. The molecule has 1 aliphatic rings. The zero-order valence-electron chi connectivity index (χ0n) is 17.8. The molecule has 0 spiro atoms. The molecule has 0 bridgehead atoms. The number of benzene rings is 2. The third kappa shape index (κ3) is 4.07. The molecule has 0 radical (unpaired) electrons. The molecule has 4 aromatic rings. The van der Waals surface area contributed by atoms with Gasteiger partial charge in [0.2, 0.25) is 10.0 Å². The van der Waals surface area contributed by atoms with Gasteiger partial charge in [-0.25, -0.2) is 13.4 Å². The van der Waals surface area contributed by atoms with Gasteiger partial charge in [0.05, 0.1) is 12.0 Å². The van der Waals surface area contributed by atoms with Crippen LogP contribution in [0.25, 0.3) is 16.9 Å². The highest BCUT2D eigenvalue weighted by molar-refractivity contribution is 9.10. The minimum absolute atomic E-state index is 0.292. The van der Waals surface area contributed by atoms with Crippen molar-refractivity contribution < 1.29 is 13.2 Å². The summed E-state index contributed by atoms with van der Waals surface area (Å²) in [7, 11) is -1.93. The SMILES string of the molecule is COc1ccc(-c2cnc3ncnn3c2N2CCN(S(=O)(=O)c3ccc(Br)cc3)CC2)cc1. The zero-order valence-corrected chi connectivity index (χ0v) is 20.2. The molecule has 170 valence electrons. The van der Waals surface area contributed by atoms with Crippen molar-refractivity contribution in [3.05, 3.63) is 65.5 Å². The maximum absolute atomic E-state index is 13.1. The smallest absolute Gasteiger partial charge is 0.254 e. The Bertz CT molecular complexity index is 1380. The normalized spacial score (nSPS) is 15.2. The molecule has 3 heterocycles. The fourth-order valence-corrected chi connectivity index (χ4v) is 5.63. The molecular weight excluding hydrogens is 508 g/mol. The quantitative estimate of drug-likeness (QED) is 0.393. The van der Waals surface area contributed by atoms with Gasteiger partial charge in [0, 0.05) is 42.4 Å². The standard InChI is InChI=1S/C22H21BrN6O3S/c1-32-18-6-2-16(3-7-18)20-14-24-22-25-15-26-29(22)21(20)27-10-12-28(13-11-27)33(30,31)19-8-4-17(23)5-9-19/h2-9,14-15H,10-13H2,1H3. The van der Waals surface area contributed by atoms with Gasteiger partial charge in [0.25, 0.3) is 5.78 Å². The highest BCUT2D eigenvalue weighted by Gasteiger charge is 2.30. The minimum atomic E-state index is -3.56. The molecule has 1 aliphatic heterocycles. The van der Waals surface area contributed by atoms with E-state index in [-0.39, 0.29) is 0 Å². The Morgan fingerprint density at radius 3 is 2.30 bits per heavy atom. The van der Waals surface area contributed by atoms with E-state index in [1.807, 2.05) is 24.3 Å². The topological polar surface area (TPSA) is 92.9 Å². The first-order chi connectivity index (χ1) is 16.0. The van der Waals surface area contributed by atoms with Gasteiger partial charge in [-0.05, 0) is 42.0 Å². The minimum Gasteiger partial charge on any atom is -0.497 e. The zero-order chi connectivity index (χ0) is 23.0. The lowest BCUT2D eigenvalue weighted by Gasteiger charge is -2.36. The van der Waals surface area contributed by atoms with Crippen LogP contribution in [0.2, 0.25) is 0 Å². The molecule has 1 saturated heterocycles. The number of piperazine rings is 1. The highest BCUT2D eigenvalue weighted by Crippen LogP contribution is 2.32. The summed E-state index contributed by atoms with van der Waals surface area (Å²) in [5, 5.41) is 4.38. The maximum Gasteiger partial charge on any atom is 0.254 e. The Morgan fingerprint density at radius 2 is 1.64 bits per heavy atom. The van der Waals surface area contributed by atoms with Gasteiger partial charge < -0.3 is 9.64 Å². The molecule has 2 aromatic heterocycles. The van der Waals surface area contributed by atoms with Crippen molar-refractivity contribution in [1.29, 1.82) is 0 Å². The van der Waals surface area contributed by atoms with Crippen molar-refractivity contribution in [1.82, 2.24) is 23.9 Å². The number of rotatable bonds is 5. The molecule has 0 amide bonds. The molecule has 0 aliphatic carbocycles. The number of methoxy groups -OCH3 is 1. The fourth-order valence-electron chi connectivity index (χ4n) is 3.94. The van der Waals surface area contributed by atoms with E-state index in [1.165, 1.54) is 10.6 Å². The van der Waals surface area contributed by atoms with Gasteiger partial charge in [-0.2, -0.15) is 18.9 Å². The lowest BCUT2D eigenvalue weighted by molar-refractivity contribution is 0.383. The summed E-state index contributed by atoms with van der Waals surface area (Å²) in [6, 6.07) is 14.4. The first kappa shape index (κ1) is 21.8. The largest absolute Gasteiger partial charge is 0.497 e. The third-order valence-corrected chi connectivity index (χ3v) is 8.11. The van der Waals surface area contributed by atoms with Crippen molar-refractivity contribution in [2.45, 2.75) is 4.90 Å². The van der Waals surface area contributed by atoms with Crippen LogP contribution in [0, 0.1) is 0 Å². The Hall–Kier alpha value is -3.02. The van der Waals surface area contributed by atoms with Crippen LogP contribution in [0.15, 0.2) is 70.4 Å². The predicted octanol–water partition coefficient (Wildman–Crippen LogP) is 3.07. The molecule has 9 nitrogen and oxygen atoms in total. The van der Waals surface area contributed by atoms with Crippen molar-refractivity contribution >= 4 is 37.5 Å². The van der Waals surface area contributed by atoms with Crippen molar-refractivity contribution in [3.8, 4) is 16.9 Å². The molecular formula is C22H21BrN6O3S. The third-order valence-electron chi connectivity index (χ3n) is 5.67. The number of nitrogens with zero attached hydrogens (tertiary/aromatic N) is 6. The summed E-state index contributed by atoms with van der Waals surface area (Å²) in [5.41, 5.74) is 1.85. The Labute approximate surface area is 199 Å². The second kappa shape index (κ2) is 8.73. The number of hydrogen-bond acceptors (Lipinski definition) is 7. The number of ether oxygens (including phenoxy) is 1. The van der Waals surface area contributed by atoms with E-state index in [4.69, 9.17) is 4.74 Å². The number of halogens is 1. The first-order valence-corrected chi connectivity index (χ1v) is 12.5. The highest BCUT2D eigenvalue weighted by atomic mass is 79.9. The van der Waals surface area contributed by atoms with E-state index in [0.717, 1.165) is 27.2 Å². The van der Waals surface area contributed by atoms with Gasteiger partial charge in [0.1, 0.15) is 17.9 Å². The van der Waals surface area contributed by atoms with E-state index in [0.29, 0.717) is 36.9 Å². The number of hydrogen-bond donors (Lipinski definition) is 0. The average molecular weight is 529 g/mol. The van der Waals surface area contributed by atoms with Gasteiger partial charge in [0.15, 0.2) is 0 Å². The van der Waals surface area contributed by atoms with Crippen molar-refractivity contribution in [2.75, 3.05) is 38.2 Å². The van der Waals surface area contributed by atoms with Crippen LogP contribution in [0.1, 0.15) is 0 Å². The Kier molecular flexibility index (Phi) is 5.77. The second-order valence-corrected chi connectivity index (χ2v) is 10.4. The Morgan fingerprint density at radius 1 is 0.939 bits per heavy atom. The molecule has 5 rings (SSSR count). The van der Waals surface area contributed by atoms with Crippen LogP contribution in [0.4, 0.5) is 5.82 Å². The van der Waals surface area contributed by atoms with Gasteiger partial charge in [-0.1, -0.05) is 28.1 Å². The van der Waals surface area contributed by atoms with Gasteiger partial charge >= 0.3 is 0 Å². The van der Waals surface area contributed by atoms with E-state index in [1.54, 1.807) is 42.1 Å². The van der Waals surface area contributed by atoms with Crippen LogP contribution >= 0.6 is 15.9 Å². The van der Waals surface area contributed by atoms with Crippen LogP contribution in [0.5, 0.6) is 5.75 Å². The number of anilines is 1. The molecule has 0 saturated carbocycles. The average Bonchev–Trinajstić information content (AvgIpc) is 3.33. The molecule has 33 heavy (non-hydrogen) atoms. The molecule has 0 N–H and O–H groups in total. The van der Waals surface area contributed by atoms with E-state index in [2.05, 4.69) is 35.9 Å². The maximum atomic E-state index is 13.1. The molecule has 0 unspecified atom stereocenters. The molecule has 2 aromatic carbocycles. The number of sulfonamides is 1. The van der Waals surface area contributed by atoms with Gasteiger partial charge in [-0.15, -0.1) is 0 Å². The summed E-state index contributed by atoms with van der Waals surface area (Å²) >= 11 is 3.35. The molecule has 0 atom stereocenters. The monoisotopic (exact) mass is 528 g/mol. The molecule has 11 heteroatoms. The summed E-state index contributed by atoms with van der Waals surface area (Å²) < 4.78 is 35.6. The van der Waals surface area contributed by atoms with Crippen LogP contribution in [-0.4, -0.2) is 65.6 Å². The fraction of sp³-hybridized carbons (Fsp3) is 0.227. The van der Waals surface area contributed by atoms with Crippen LogP contribution in [0.3, 0.4) is 0 Å². The first-order valence-electron chi connectivity index (χ1n) is 10.3. The lowest BCUT2D eigenvalue weighted by Crippen LogP contribution is -2.49. The summed E-state index contributed by atoms with van der Waals surface area (Å²) in [6.07, 6.45) is 3.25. The van der Waals surface area contributed by atoms with E-state index < -0.39 is 10.0 Å². The number of aromatic nitrogens is 4. The lowest BCUT2D eigenvalue weighted by atomic mass is 10.1. The van der Waals surface area contributed by atoms with E-state index >= 15 is 0 Å². The van der Waals surface area contributed by atoms with E-state index in [9.17, 15) is 8.42 Å². The number of fused-ring (bicyclic) bond motifs is 1.